The first-order valence-electron chi connectivity index (χ1n) is 10.9. The standard InChI is InChI=1S/C25H29N5O3/c1-16-9-10-19(33-5)18(12-16)29-15-17(13-23(29)31)24(32)27-22-14-20(25(2,3)4)28-30(22)21-8-6-7-11-26-21/h6-12,14,17H,13,15H2,1-5H3,(H,27,32). The van der Waals surface area contributed by atoms with E-state index in [0.717, 1.165) is 11.3 Å². The monoisotopic (exact) mass is 447 g/mol. The van der Waals surface area contributed by atoms with Crippen LogP contribution in [0, 0.1) is 12.8 Å². The minimum absolute atomic E-state index is 0.104. The Morgan fingerprint density at radius 1 is 1.18 bits per heavy atom. The van der Waals surface area contributed by atoms with Gasteiger partial charge >= 0.3 is 0 Å². The van der Waals surface area contributed by atoms with E-state index in [0.29, 0.717) is 23.1 Å². The third kappa shape index (κ3) is 4.60. The van der Waals surface area contributed by atoms with Gasteiger partial charge in [-0.2, -0.15) is 9.78 Å². The average Bonchev–Trinajstić information content (AvgIpc) is 3.38. The molecule has 0 aliphatic carbocycles. The van der Waals surface area contributed by atoms with Crippen LogP contribution in [0.2, 0.25) is 0 Å². The van der Waals surface area contributed by atoms with Gasteiger partial charge in [0.15, 0.2) is 5.82 Å². The summed E-state index contributed by atoms with van der Waals surface area (Å²) in [5, 5.41) is 7.67. The van der Waals surface area contributed by atoms with E-state index in [1.807, 2.05) is 49.4 Å². The van der Waals surface area contributed by atoms with Gasteiger partial charge in [-0.05, 0) is 36.8 Å². The van der Waals surface area contributed by atoms with E-state index in [-0.39, 0.29) is 30.2 Å². The van der Waals surface area contributed by atoms with Gasteiger partial charge in [-0.25, -0.2) is 4.98 Å². The third-order valence-corrected chi connectivity index (χ3v) is 5.72. The Bertz CT molecular complexity index is 1180. The molecule has 0 bridgehead atoms. The average molecular weight is 448 g/mol. The lowest BCUT2D eigenvalue weighted by molar-refractivity contribution is -0.122. The number of methoxy groups -OCH3 is 1. The van der Waals surface area contributed by atoms with Crippen molar-refractivity contribution < 1.29 is 14.3 Å². The summed E-state index contributed by atoms with van der Waals surface area (Å²) in [6.45, 7) is 8.43. The molecule has 8 nitrogen and oxygen atoms in total. The molecule has 1 unspecified atom stereocenters. The number of pyridine rings is 1. The number of nitrogens with zero attached hydrogens (tertiary/aromatic N) is 4. The first-order chi connectivity index (χ1) is 15.7. The molecule has 1 aromatic carbocycles. The highest BCUT2D eigenvalue weighted by molar-refractivity contribution is 6.04. The number of anilines is 2. The molecule has 2 aromatic heterocycles. The normalized spacial score (nSPS) is 16.2. The van der Waals surface area contributed by atoms with Gasteiger partial charge in [-0.15, -0.1) is 0 Å². The molecule has 0 spiro atoms. The van der Waals surface area contributed by atoms with Crippen LogP contribution in [0.3, 0.4) is 0 Å². The number of nitrogens with one attached hydrogen (secondary N) is 1. The summed E-state index contributed by atoms with van der Waals surface area (Å²) >= 11 is 0. The van der Waals surface area contributed by atoms with E-state index < -0.39 is 5.92 Å². The van der Waals surface area contributed by atoms with Crippen LogP contribution in [0.4, 0.5) is 11.5 Å². The van der Waals surface area contributed by atoms with Gasteiger partial charge in [0.2, 0.25) is 11.8 Å². The van der Waals surface area contributed by atoms with Gasteiger partial charge < -0.3 is 15.0 Å². The number of hydrogen-bond donors (Lipinski definition) is 1. The number of ether oxygens (including phenoxy) is 1. The highest BCUT2D eigenvalue weighted by Crippen LogP contribution is 2.34. The fraction of sp³-hybridized carbons (Fsp3) is 0.360. The van der Waals surface area contributed by atoms with Gasteiger partial charge in [0.05, 0.1) is 24.4 Å². The lowest BCUT2D eigenvalue weighted by atomic mass is 9.92. The zero-order valence-electron chi connectivity index (χ0n) is 19.6. The molecule has 3 aromatic rings. The number of aromatic nitrogens is 3. The van der Waals surface area contributed by atoms with Crippen molar-refractivity contribution in [2.24, 2.45) is 5.92 Å². The number of aryl methyl sites for hydroxylation is 1. The maximum atomic E-state index is 13.2. The van der Waals surface area contributed by atoms with Crippen LogP contribution in [-0.2, 0) is 15.0 Å². The lowest BCUT2D eigenvalue weighted by Gasteiger charge is -2.20. The topological polar surface area (TPSA) is 89.3 Å². The summed E-state index contributed by atoms with van der Waals surface area (Å²) in [5.74, 6) is 0.924. The Morgan fingerprint density at radius 2 is 1.97 bits per heavy atom. The minimum Gasteiger partial charge on any atom is -0.495 e. The van der Waals surface area contributed by atoms with E-state index in [2.05, 4.69) is 36.2 Å². The second-order valence-corrected chi connectivity index (χ2v) is 9.33. The number of amides is 2. The summed E-state index contributed by atoms with van der Waals surface area (Å²) in [6.07, 6.45) is 1.81. The second-order valence-electron chi connectivity index (χ2n) is 9.33. The number of benzene rings is 1. The van der Waals surface area contributed by atoms with Crippen LogP contribution < -0.4 is 15.0 Å². The Morgan fingerprint density at radius 3 is 2.64 bits per heavy atom. The summed E-state index contributed by atoms with van der Waals surface area (Å²) in [6, 6.07) is 13.1. The Labute approximate surface area is 193 Å². The minimum atomic E-state index is -0.493. The number of rotatable bonds is 5. The molecule has 0 saturated carbocycles. The lowest BCUT2D eigenvalue weighted by Crippen LogP contribution is -2.29. The first-order valence-corrected chi connectivity index (χ1v) is 10.9. The number of carbonyl (C=O) groups is 2. The van der Waals surface area contributed by atoms with Crippen molar-refractivity contribution in [2.45, 2.75) is 39.5 Å². The predicted octanol–water partition coefficient (Wildman–Crippen LogP) is 3.87. The van der Waals surface area contributed by atoms with Crippen molar-refractivity contribution in [3.63, 3.8) is 0 Å². The molecule has 1 fully saturated rings. The fourth-order valence-electron chi connectivity index (χ4n) is 3.85. The molecule has 0 radical (unpaired) electrons. The highest BCUT2D eigenvalue weighted by atomic mass is 16.5. The molecule has 3 heterocycles. The van der Waals surface area contributed by atoms with Crippen LogP contribution in [0.1, 0.15) is 38.4 Å². The van der Waals surface area contributed by atoms with Gasteiger partial charge in [-0.1, -0.05) is 32.9 Å². The molecule has 1 saturated heterocycles. The quantitative estimate of drug-likeness (QED) is 0.641. The Balaban J connectivity index is 1.59. The molecule has 1 atom stereocenters. The van der Waals surface area contributed by atoms with Gasteiger partial charge in [0.25, 0.3) is 0 Å². The Kier molecular flexibility index (Phi) is 5.93. The molecule has 8 heteroatoms. The maximum absolute atomic E-state index is 13.2. The van der Waals surface area contributed by atoms with Crippen LogP contribution in [0.15, 0.2) is 48.7 Å². The van der Waals surface area contributed by atoms with Gasteiger partial charge in [0.1, 0.15) is 11.6 Å². The molecule has 1 aliphatic heterocycles. The van der Waals surface area contributed by atoms with Crippen molar-refractivity contribution in [1.29, 1.82) is 0 Å². The molecule has 1 N–H and O–H groups in total. The molecule has 172 valence electrons. The number of carbonyl (C=O) groups excluding carboxylic acids is 2. The van der Waals surface area contributed by atoms with Crippen molar-refractivity contribution in [1.82, 2.24) is 14.8 Å². The van der Waals surface area contributed by atoms with Gasteiger partial charge in [-0.3, -0.25) is 9.59 Å². The van der Waals surface area contributed by atoms with E-state index >= 15 is 0 Å². The van der Waals surface area contributed by atoms with Crippen LogP contribution >= 0.6 is 0 Å². The number of hydrogen-bond acceptors (Lipinski definition) is 5. The molecule has 33 heavy (non-hydrogen) atoms. The first kappa shape index (κ1) is 22.5. The van der Waals surface area contributed by atoms with Gasteiger partial charge in [0, 0.05) is 30.6 Å². The zero-order chi connectivity index (χ0) is 23.8. The largest absolute Gasteiger partial charge is 0.495 e. The van der Waals surface area contributed by atoms with Crippen molar-refractivity contribution in [3.8, 4) is 11.6 Å². The maximum Gasteiger partial charge on any atom is 0.230 e. The van der Waals surface area contributed by atoms with E-state index in [1.165, 1.54) is 0 Å². The molecular formula is C25H29N5O3. The fourth-order valence-corrected chi connectivity index (χ4v) is 3.85. The molecule has 2 amide bonds. The zero-order valence-corrected chi connectivity index (χ0v) is 19.6. The van der Waals surface area contributed by atoms with Crippen LogP contribution in [0.25, 0.3) is 5.82 Å². The summed E-state index contributed by atoms with van der Waals surface area (Å²) < 4.78 is 7.07. The highest BCUT2D eigenvalue weighted by Gasteiger charge is 2.37. The summed E-state index contributed by atoms with van der Waals surface area (Å²) in [7, 11) is 1.57. The van der Waals surface area contributed by atoms with Crippen LogP contribution in [0.5, 0.6) is 5.75 Å². The van der Waals surface area contributed by atoms with E-state index in [9.17, 15) is 9.59 Å². The van der Waals surface area contributed by atoms with Crippen molar-refractivity contribution in [2.75, 3.05) is 23.9 Å². The second kappa shape index (κ2) is 8.69. The summed E-state index contributed by atoms with van der Waals surface area (Å²) in [4.78, 5) is 32.0. The molecule has 1 aliphatic rings. The van der Waals surface area contributed by atoms with Crippen molar-refractivity contribution in [3.05, 3.63) is 59.9 Å². The van der Waals surface area contributed by atoms with E-state index in [1.54, 1.807) is 22.9 Å². The SMILES string of the molecule is COc1ccc(C)cc1N1CC(C(=O)Nc2cc(C(C)(C)C)nn2-c2ccccn2)CC1=O. The predicted molar refractivity (Wildman–Crippen MR) is 127 cm³/mol. The molecule has 4 rings (SSSR count). The summed E-state index contributed by atoms with van der Waals surface area (Å²) in [5.41, 5.74) is 2.32. The van der Waals surface area contributed by atoms with E-state index in [4.69, 9.17) is 4.74 Å². The van der Waals surface area contributed by atoms with Crippen LogP contribution in [-0.4, -0.2) is 40.2 Å². The molecular weight excluding hydrogens is 418 g/mol. The third-order valence-electron chi connectivity index (χ3n) is 5.72. The van der Waals surface area contributed by atoms with Crippen molar-refractivity contribution >= 4 is 23.3 Å². The smallest absolute Gasteiger partial charge is 0.230 e. The Hall–Kier alpha value is -3.68.